The maximum Gasteiger partial charge on any atom is 0.354 e. The van der Waals surface area contributed by atoms with Gasteiger partial charge in [-0.3, -0.25) is 0 Å². The van der Waals surface area contributed by atoms with Gasteiger partial charge < -0.3 is 19.5 Å². The highest BCUT2D eigenvalue weighted by Gasteiger charge is 2.15. The van der Waals surface area contributed by atoms with Crippen LogP contribution in [0.1, 0.15) is 10.4 Å². The zero-order valence-electron chi connectivity index (χ0n) is 12.1. The zero-order chi connectivity index (χ0) is 16.7. The monoisotopic (exact) mass is 327 g/mol. The summed E-state index contributed by atoms with van der Waals surface area (Å²) in [6, 6.07) is 4.34. The molecule has 0 unspecified atom stereocenters. The van der Waals surface area contributed by atoms with Crippen molar-refractivity contribution >= 4 is 35.2 Å². The van der Waals surface area contributed by atoms with Crippen molar-refractivity contribution in [2.24, 2.45) is 0 Å². The SMILES string of the molecule is COC(=O)/C=C(/Nc1ccc(Cl)c(C(=O)OC)c1)C(=O)OC. The summed E-state index contributed by atoms with van der Waals surface area (Å²) in [7, 11) is 3.55. The summed E-state index contributed by atoms with van der Waals surface area (Å²) in [4.78, 5) is 34.5. The molecule has 0 atom stereocenters. The molecule has 8 heteroatoms. The lowest BCUT2D eigenvalue weighted by Gasteiger charge is -2.10. The normalized spacial score (nSPS) is 10.6. The number of hydrogen-bond acceptors (Lipinski definition) is 7. The van der Waals surface area contributed by atoms with Gasteiger partial charge in [0, 0.05) is 5.69 Å². The molecule has 0 saturated carbocycles. The van der Waals surface area contributed by atoms with E-state index in [-0.39, 0.29) is 16.3 Å². The van der Waals surface area contributed by atoms with Crippen LogP contribution in [0.25, 0.3) is 0 Å². The van der Waals surface area contributed by atoms with E-state index < -0.39 is 17.9 Å². The third kappa shape index (κ3) is 4.49. The fraction of sp³-hybridized carbons (Fsp3) is 0.214. The summed E-state index contributed by atoms with van der Waals surface area (Å²) in [6.07, 6.45) is 0.929. The standard InChI is InChI=1S/C14H14ClNO6/c1-20-12(17)7-11(14(19)22-3)16-8-4-5-10(15)9(6-8)13(18)21-2/h4-7,16H,1-3H3/b11-7+. The van der Waals surface area contributed by atoms with Crippen molar-refractivity contribution in [3.05, 3.63) is 40.6 Å². The number of nitrogens with one attached hydrogen (secondary N) is 1. The van der Waals surface area contributed by atoms with Gasteiger partial charge in [0.25, 0.3) is 0 Å². The molecule has 0 bridgehead atoms. The van der Waals surface area contributed by atoms with Gasteiger partial charge in [-0.05, 0) is 18.2 Å². The number of halogens is 1. The molecule has 0 radical (unpaired) electrons. The van der Waals surface area contributed by atoms with Crippen molar-refractivity contribution in [3.63, 3.8) is 0 Å². The van der Waals surface area contributed by atoms with Crippen LogP contribution in [0.3, 0.4) is 0 Å². The number of methoxy groups -OCH3 is 3. The first-order chi connectivity index (χ1) is 10.4. The highest BCUT2D eigenvalue weighted by Crippen LogP contribution is 2.22. The molecule has 0 aromatic heterocycles. The average molecular weight is 328 g/mol. The van der Waals surface area contributed by atoms with E-state index in [9.17, 15) is 14.4 Å². The van der Waals surface area contributed by atoms with Crippen LogP contribution in [0.15, 0.2) is 30.0 Å². The molecule has 0 heterocycles. The number of ether oxygens (including phenoxy) is 3. The van der Waals surface area contributed by atoms with Gasteiger partial charge >= 0.3 is 17.9 Å². The molecule has 7 nitrogen and oxygen atoms in total. The Balaban J connectivity index is 3.14. The van der Waals surface area contributed by atoms with Crippen molar-refractivity contribution in [1.82, 2.24) is 0 Å². The summed E-state index contributed by atoms with van der Waals surface area (Å²) in [5.41, 5.74) is 0.286. The van der Waals surface area contributed by atoms with Gasteiger partial charge in [-0.2, -0.15) is 0 Å². The summed E-state index contributed by atoms with van der Waals surface area (Å²) in [5, 5.41) is 2.85. The van der Waals surface area contributed by atoms with Gasteiger partial charge in [-0.25, -0.2) is 14.4 Å². The van der Waals surface area contributed by atoms with Crippen molar-refractivity contribution in [1.29, 1.82) is 0 Å². The second-order valence-corrected chi connectivity index (χ2v) is 4.29. The lowest BCUT2D eigenvalue weighted by molar-refractivity contribution is -0.138. The molecule has 0 aliphatic carbocycles. The molecule has 1 aromatic carbocycles. The molecule has 118 valence electrons. The summed E-state index contributed by atoms with van der Waals surface area (Å²) < 4.78 is 13.6. The molecule has 0 saturated heterocycles. The van der Waals surface area contributed by atoms with Gasteiger partial charge in [-0.15, -0.1) is 0 Å². The van der Waals surface area contributed by atoms with Crippen molar-refractivity contribution < 1.29 is 28.6 Å². The Morgan fingerprint density at radius 2 is 1.77 bits per heavy atom. The van der Waals surface area contributed by atoms with Crippen LogP contribution in [-0.2, 0) is 23.8 Å². The van der Waals surface area contributed by atoms with Crippen LogP contribution in [0.2, 0.25) is 5.02 Å². The van der Waals surface area contributed by atoms with E-state index in [0.717, 1.165) is 13.2 Å². The first-order valence-corrected chi connectivity index (χ1v) is 6.33. The summed E-state index contributed by atoms with van der Waals surface area (Å²) >= 11 is 5.89. The Labute approximate surface area is 131 Å². The van der Waals surface area contributed by atoms with E-state index in [1.165, 1.54) is 32.4 Å². The predicted molar refractivity (Wildman–Crippen MR) is 78.5 cm³/mol. The molecule has 0 spiro atoms. The maximum absolute atomic E-state index is 11.6. The van der Waals surface area contributed by atoms with E-state index in [4.69, 9.17) is 11.6 Å². The first-order valence-electron chi connectivity index (χ1n) is 5.95. The number of carbonyl (C=O) groups excluding carboxylic acids is 3. The molecule has 0 aliphatic heterocycles. The number of anilines is 1. The van der Waals surface area contributed by atoms with Crippen molar-refractivity contribution in [2.75, 3.05) is 26.6 Å². The van der Waals surface area contributed by atoms with Crippen LogP contribution in [-0.4, -0.2) is 39.2 Å². The third-order valence-corrected chi connectivity index (χ3v) is 2.85. The number of benzene rings is 1. The van der Waals surface area contributed by atoms with Gasteiger partial charge in [0.05, 0.1) is 38.0 Å². The Morgan fingerprint density at radius 1 is 1.09 bits per heavy atom. The summed E-state index contributed by atoms with van der Waals surface area (Å²) in [6.45, 7) is 0. The van der Waals surface area contributed by atoms with E-state index >= 15 is 0 Å². The van der Waals surface area contributed by atoms with Crippen LogP contribution in [0.4, 0.5) is 5.69 Å². The van der Waals surface area contributed by atoms with Crippen molar-refractivity contribution in [2.45, 2.75) is 0 Å². The molecule has 0 aliphatic rings. The van der Waals surface area contributed by atoms with Gasteiger partial charge in [0.15, 0.2) is 0 Å². The number of esters is 3. The Morgan fingerprint density at radius 3 is 2.32 bits per heavy atom. The quantitative estimate of drug-likeness (QED) is 0.500. The molecule has 0 fully saturated rings. The van der Waals surface area contributed by atoms with E-state index in [2.05, 4.69) is 19.5 Å². The molecule has 1 aromatic rings. The summed E-state index contributed by atoms with van der Waals surface area (Å²) in [5.74, 6) is -2.15. The van der Waals surface area contributed by atoms with Gasteiger partial charge in [0.2, 0.25) is 0 Å². The van der Waals surface area contributed by atoms with Crippen LogP contribution in [0, 0.1) is 0 Å². The number of carbonyl (C=O) groups is 3. The smallest absolute Gasteiger partial charge is 0.354 e. The fourth-order valence-electron chi connectivity index (χ4n) is 1.46. The van der Waals surface area contributed by atoms with E-state index in [1.54, 1.807) is 0 Å². The lowest BCUT2D eigenvalue weighted by atomic mass is 10.2. The first kappa shape index (κ1) is 17.5. The minimum Gasteiger partial charge on any atom is -0.466 e. The topological polar surface area (TPSA) is 90.9 Å². The third-order valence-electron chi connectivity index (χ3n) is 2.52. The zero-order valence-corrected chi connectivity index (χ0v) is 12.9. The van der Waals surface area contributed by atoms with Crippen LogP contribution in [0.5, 0.6) is 0 Å². The minimum absolute atomic E-state index is 0.108. The molecule has 1 rings (SSSR count). The molecular formula is C14H14ClNO6. The average Bonchev–Trinajstić information content (AvgIpc) is 2.54. The molecule has 0 amide bonds. The Kier molecular flexibility index (Phi) is 6.40. The second kappa shape index (κ2) is 8.04. The highest BCUT2D eigenvalue weighted by molar-refractivity contribution is 6.33. The van der Waals surface area contributed by atoms with Crippen LogP contribution >= 0.6 is 11.6 Å². The Bertz CT molecular complexity index is 626. The fourth-order valence-corrected chi connectivity index (χ4v) is 1.65. The lowest BCUT2D eigenvalue weighted by Crippen LogP contribution is -2.16. The highest BCUT2D eigenvalue weighted by atomic mass is 35.5. The Hall–Kier alpha value is -2.54. The molecule has 22 heavy (non-hydrogen) atoms. The van der Waals surface area contributed by atoms with E-state index in [1.807, 2.05) is 0 Å². The van der Waals surface area contributed by atoms with Crippen molar-refractivity contribution in [3.8, 4) is 0 Å². The number of hydrogen-bond donors (Lipinski definition) is 1. The van der Waals surface area contributed by atoms with Gasteiger partial charge in [-0.1, -0.05) is 11.6 Å². The van der Waals surface area contributed by atoms with Crippen LogP contribution < -0.4 is 5.32 Å². The predicted octanol–water partition coefficient (Wildman–Crippen LogP) is 1.77. The molecular weight excluding hydrogens is 314 g/mol. The largest absolute Gasteiger partial charge is 0.466 e. The van der Waals surface area contributed by atoms with E-state index in [0.29, 0.717) is 5.69 Å². The molecule has 1 N–H and O–H groups in total. The second-order valence-electron chi connectivity index (χ2n) is 3.88. The maximum atomic E-state index is 11.6. The number of rotatable bonds is 5. The van der Waals surface area contributed by atoms with Gasteiger partial charge in [0.1, 0.15) is 5.70 Å². The minimum atomic E-state index is -0.778.